The molecule has 0 radical (unpaired) electrons. The van der Waals surface area contributed by atoms with Gasteiger partial charge in [0.1, 0.15) is 11.6 Å². The molecule has 104 valence electrons. The Hall–Kier alpha value is -2.63. The van der Waals surface area contributed by atoms with Crippen LogP contribution in [0.3, 0.4) is 0 Å². The molecule has 2 aromatic rings. The number of halogens is 2. The molecule has 0 aliphatic heterocycles. The number of hydrogen-bond donors (Lipinski definition) is 3. The summed E-state index contributed by atoms with van der Waals surface area (Å²) >= 11 is 0. The third-order valence-electron chi connectivity index (χ3n) is 2.87. The molecule has 2 aromatic carbocycles. The maximum Gasteiger partial charge on any atom is 0.250 e. The Morgan fingerprint density at radius 2 is 1.85 bits per heavy atom. The Morgan fingerprint density at radius 1 is 1.15 bits per heavy atom. The summed E-state index contributed by atoms with van der Waals surface area (Å²) in [6, 6.07) is 6.29. The Balaban J connectivity index is 2.45. The first-order valence-electron chi connectivity index (χ1n) is 5.80. The summed E-state index contributed by atoms with van der Waals surface area (Å²) in [5.74, 6) is -1.87. The minimum atomic E-state index is -0.762. The number of carbonyl (C=O) groups excluding carboxylic acids is 1. The summed E-state index contributed by atoms with van der Waals surface area (Å²) in [5, 5.41) is 2.73. The number of rotatable bonds is 3. The maximum absolute atomic E-state index is 13.8. The summed E-state index contributed by atoms with van der Waals surface area (Å²) in [6.45, 7) is 1.74. The predicted octanol–water partition coefficient (Wildman–Crippen LogP) is 2.70. The van der Waals surface area contributed by atoms with Crippen molar-refractivity contribution in [1.82, 2.24) is 0 Å². The van der Waals surface area contributed by atoms with Crippen molar-refractivity contribution in [3.05, 3.63) is 53.1 Å². The highest BCUT2D eigenvalue weighted by atomic mass is 19.1. The number of anilines is 3. The maximum atomic E-state index is 13.8. The van der Waals surface area contributed by atoms with Gasteiger partial charge in [0.05, 0.1) is 11.3 Å². The summed E-state index contributed by atoms with van der Waals surface area (Å²) in [7, 11) is 0. The molecular weight excluding hydrogens is 264 g/mol. The largest absolute Gasteiger partial charge is 0.398 e. The van der Waals surface area contributed by atoms with Crippen LogP contribution in [0.2, 0.25) is 0 Å². The molecule has 0 atom stereocenters. The number of primary amides is 1. The average Bonchev–Trinajstić information content (AvgIpc) is 2.36. The molecule has 0 saturated carbocycles. The number of nitrogens with one attached hydrogen (secondary N) is 1. The van der Waals surface area contributed by atoms with Gasteiger partial charge in [-0.2, -0.15) is 0 Å². The van der Waals surface area contributed by atoms with Crippen molar-refractivity contribution < 1.29 is 13.6 Å². The molecule has 4 nitrogen and oxygen atoms in total. The lowest BCUT2D eigenvalue weighted by Gasteiger charge is -2.12. The van der Waals surface area contributed by atoms with E-state index in [4.69, 9.17) is 11.5 Å². The van der Waals surface area contributed by atoms with Crippen LogP contribution in [0.25, 0.3) is 0 Å². The molecule has 0 fully saturated rings. The zero-order valence-electron chi connectivity index (χ0n) is 10.7. The van der Waals surface area contributed by atoms with E-state index in [0.29, 0.717) is 5.69 Å². The fraction of sp³-hybridized carbons (Fsp3) is 0.0714. The number of nitrogens with two attached hydrogens (primary N) is 2. The van der Waals surface area contributed by atoms with E-state index in [1.807, 2.05) is 0 Å². The molecule has 2 rings (SSSR count). The lowest BCUT2D eigenvalue weighted by atomic mass is 10.1. The minimum absolute atomic E-state index is 0.00157. The zero-order chi connectivity index (χ0) is 14.9. The quantitative estimate of drug-likeness (QED) is 0.754. The molecule has 0 aliphatic carbocycles. The molecule has 1 amide bonds. The highest BCUT2D eigenvalue weighted by Crippen LogP contribution is 2.27. The van der Waals surface area contributed by atoms with Crippen LogP contribution in [0, 0.1) is 18.6 Å². The van der Waals surface area contributed by atoms with Crippen LogP contribution in [0.15, 0.2) is 30.3 Å². The molecule has 6 heteroatoms. The van der Waals surface area contributed by atoms with Crippen molar-refractivity contribution in [3.63, 3.8) is 0 Å². The SMILES string of the molecule is Cc1ccc(F)cc1Nc1cc(C(N)=O)c(N)cc1F. The van der Waals surface area contributed by atoms with Gasteiger partial charge in [-0.1, -0.05) is 6.07 Å². The van der Waals surface area contributed by atoms with Crippen LogP contribution in [0.5, 0.6) is 0 Å². The van der Waals surface area contributed by atoms with Gasteiger partial charge in [0.2, 0.25) is 0 Å². The van der Waals surface area contributed by atoms with Gasteiger partial charge in [0.15, 0.2) is 0 Å². The first kappa shape index (κ1) is 13.8. The van der Waals surface area contributed by atoms with E-state index in [1.165, 1.54) is 18.2 Å². The second-order valence-corrected chi connectivity index (χ2v) is 4.37. The number of hydrogen-bond acceptors (Lipinski definition) is 3. The fourth-order valence-electron chi connectivity index (χ4n) is 1.77. The number of nitrogen functional groups attached to an aromatic ring is 1. The van der Waals surface area contributed by atoms with E-state index in [1.54, 1.807) is 13.0 Å². The molecular formula is C14H13F2N3O. The standard InChI is InChI=1S/C14H13F2N3O/c1-7-2-3-8(15)4-12(7)19-13-5-9(14(18)20)11(17)6-10(13)16/h2-6,19H,17H2,1H3,(H2,18,20). The number of amides is 1. The summed E-state index contributed by atoms with van der Waals surface area (Å²) in [6.07, 6.45) is 0. The Morgan fingerprint density at radius 3 is 2.50 bits per heavy atom. The van der Waals surface area contributed by atoms with E-state index in [2.05, 4.69) is 5.32 Å². The van der Waals surface area contributed by atoms with E-state index < -0.39 is 17.5 Å². The number of carbonyl (C=O) groups is 1. The van der Waals surface area contributed by atoms with Crippen LogP contribution in [0.4, 0.5) is 25.8 Å². The molecule has 0 unspecified atom stereocenters. The Bertz CT molecular complexity index is 686. The second-order valence-electron chi connectivity index (χ2n) is 4.37. The average molecular weight is 277 g/mol. The van der Waals surface area contributed by atoms with Gasteiger partial charge in [0, 0.05) is 11.4 Å². The van der Waals surface area contributed by atoms with Crippen molar-refractivity contribution in [2.45, 2.75) is 6.92 Å². The monoisotopic (exact) mass is 277 g/mol. The van der Waals surface area contributed by atoms with Gasteiger partial charge in [-0.3, -0.25) is 4.79 Å². The van der Waals surface area contributed by atoms with Gasteiger partial charge >= 0.3 is 0 Å². The topological polar surface area (TPSA) is 81.1 Å². The number of aryl methyl sites for hydroxylation is 1. The van der Waals surface area contributed by atoms with Crippen molar-refractivity contribution in [3.8, 4) is 0 Å². The van der Waals surface area contributed by atoms with Crippen LogP contribution in [-0.4, -0.2) is 5.91 Å². The first-order valence-corrected chi connectivity index (χ1v) is 5.80. The highest BCUT2D eigenvalue weighted by Gasteiger charge is 2.13. The van der Waals surface area contributed by atoms with Crippen LogP contribution < -0.4 is 16.8 Å². The molecule has 20 heavy (non-hydrogen) atoms. The van der Waals surface area contributed by atoms with Crippen molar-refractivity contribution >= 4 is 23.0 Å². The van der Waals surface area contributed by atoms with E-state index in [9.17, 15) is 13.6 Å². The minimum Gasteiger partial charge on any atom is -0.398 e. The van der Waals surface area contributed by atoms with Gasteiger partial charge in [-0.15, -0.1) is 0 Å². The third-order valence-corrected chi connectivity index (χ3v) is 2.87. The molecule has 5 N–H and O–H groups in total. The van der Waals surface area contributed by atoms with Crippen molar-refractivity contribution in [1.29, 1.82) is 0 Å². The smallest absolute Gasteiger partial charge is 0.250 e. The van der Waals surface area contributed by atoms with Gasteiger partial charge in [-0.25, -0.2) is 8.78 Å². The van der Waals surface area contributed by atoms with Crippen LogP contribution in [-0.2, 0) is 0 Å². The summed E-state index contributed by atoms with van der Waals surface area (Å²) < 4.78 is 27.0. The van der Waals surface area contributed by atoms with Crippen LogP contribution in [0.1, 0.15) is 15.9 Å². The molecule has 0 heterocycles. The Labute approximate surface area is 114 Å². The fourth-order valence-corrected chi connectivity index (χ4v) is 1.77. The lowest BCUT2D eigenvalue weighted by Crippen LogP contribution is -2.14. The van der Waals surface area contributed by atoms with E-state index >= 15 is 0 Å². The summed E-state index contributed by atoms with van der Waals surface area (Å²) in [4.78, 5) is 11.2. The number of benzene rings is 2. The van der Waals surface area contributed by atoms with Crippen molar-refractivity contribution in [2.24, 2.45) is 5.73 Å². The van der Waals surface area contributed by atoms with Gasteiger partial charge in [-0.05, 0) is 36.8 Å². The van der Waals surface area contributed by atoms with Gasteiger partial charge < -0.3 is 16.8 Å². The van der Waals surface area contributed by atoms with Crippen molar-refractivity contribution in [2.75, 3.05) is 11.1 Å². The highest BCUT2D eigenvalue weighted by molar-refractivity contribution is 5.99. The summed E-state index contributed by atoms with van der Waals surface area (Å²) in [5.41, 5.74) is 11.7. The van der Waals surface area contributed by atoms with Crippen LogP contribution >= 0.6 is 0 Å². The zero-order valence-corrected chi connectivity index (χ0v) is 10.7. The van der Waals surface area contributed by atoms with Gasteiger partial charge in [0.25, 0.3) is 5.91 Å². The molecule has 0 saturated heterocycles. The molecule has 0 bridgehead atoms. The first-order chi connectivity index (χ1) is 9.38. The molecule has 0 aromatic heterocycles. The van der Waals surface area contributed by atoms with E-state index in [0.717, 1.165) is 11.6 Å². The molecule has 0 spiro atoms. The lowest BCUT2D eigenvalue weighted by molar-refractivity contribution is 0.100. The third kappa shape index (κ3) is 2.69. The molecule has 0 aliphatic rings. The second kappa shape index (κ2) is 5.16. The Kier molecular flexibility index (Phi) is 3.56. The normalized spacial score (nSPS) is 10.3. The predicted molar refractivity (Wildman–Crippen MR) is 73.8 cm³/mol. The van der Waals surface area contributed by atoms with E-state index in [-0.39, 0.29) is 16.9 Å².